The van der Waals surface area contributed by atoms with Crippen LogP contribution in [-0.2, 0) is 20.9 Å². The van der Waals surface area contributed by atoms with E-state index in [1.807, 2.05) is 24.8 Å². The third-order valence-electron chi connectivity index (χ3n) is 4.25. The zero-order valence-corrected chi connectivity index (χ0v) is 13.0. The van der Waals surface area contributed by atoms with Crippen LogP contribution in [0.4, 0.5) is 0 Å². The number of morpholine rings is 1. The van der Waals surface area contributed by atoms with Crippen molar-refractivity contribution < 1.29 is 18.7 Å². The smallest absolute Gasteiger partial charge is 0.245 e. The summed E-state index contributed by atoms with van der Waals surface area (Å²) in [7, 11) is 0. The Kier molecular flexibility index (Phi) is 4.20. The van der Waals surface area contributed by atoms with E-state index >= 15 is 0 Å². The number of hydrogen-bond donors (Lipinski definition) is 0. The number of rotatable bonds is 3. The lowest BCUT2D eigenvalue weighted by atomic mass is 10.1. The van der Waals surface area contributed by atoms with Crippen molar-refractivity contribution in [1.82, 2.24) is 9.80 Å². The first kappa shape index (κ1) is 15.1. The van der Waals surface area contributed by atoms with Gasteiger partial charge in [-0.1, -0.05) is 0 Å². The van der Waals surface area contributed by atoms with Gasteiger partial charge in [0, 0.05) is 19.5 Å². The Bertz CT molecular complexity index is 532. The standard InChI is InChI=1S/C16H22N2O4/c1-11-8-17(9-12(2)22-11)16(20)14-5-6-15(19)18(14)10-13-4-3-7-21-13/h3-4,7,11-12,14H,5-6,8-10H2,1-2H3/t11-,12+,14-/m1/s1. The van der Waals surface area contributed by atoms with Gasteiger partial charge in [0.25, 0.3) is 0 Å². The van der Waals surface area contributed by atoms with Gasteiger partial charge in [-0.25, -0.2) is 0 Å². The van der Waals surface area contributed by atoms with E-state index < -0.39 is 0 Å². The van der Waals surface area contributed by atoms with Crippen LogP contribution in [0.2, 0.25) is 0 Å². The van der Waals surface area contributed by atoms with Crippen molar-refractivity contribution in [2.45, 2.75) is 51.5 Å². The lowest BCUT2D eigenvalue weighted by molar-refractivity contribution is -0.150. The van der Waals surface area contributed by atoms with Crippen LogP contribution in [0, 0.1) is 0 Å². The molecule has 2 aliphatic rings. The maximum atomic E-state index is 12.8. The Morgan fingerprint density at radius 2 is 2.05 bits per heavy atom. The number of carbonyl (C=O) groups is 2. The van der Waals surface area contributed by atoms with E-state index in [0.717, 1.165) is 0 Å². The third kappa shape index (κ3) is 3.02. The maximum absolute atomic E-state index is 12.8. The first-order valence-electron chi connectivity index (χ1n) is 7.80. The summed E-state index contributed by atoms with van der Waals surface area (Å²) in [5.41, 5.74) is 0. The molecule has 2 fully saturated rings. The van der Waals surface area contributed by atoms with E-state index in [4.69, 9.17) is 9.15 Å². The fourth-order valence-corrected chi connectivity index (χ4v) is 3.33. The molecule has 3 heterocycles. The normalized spacial score (nSPS) is 29.2. The predicted octanol–water partition coefficient (Wildman–Crippen LogP) is 1.41. The average molecular weight is 306 g/mol. The summed E-state index contributed by atoms with van der Waals surface area (Å²) in [4.78, 5) is 28.4. The first-order valence-corrected chi connectivity index (χ1v) is 7.80. The minimum Gasteiger partial charge on any atom is -0.467 e. The minimum absolute atomic E-state index is 0.0177. The second-order valence-corrected chi connectivity index (χ2v) is 6.16. The van der Waals surface area contributed by atoms with E-state index in [-0.39, 0.29) is 30.1 Å². The van der Waals surface area contributed by atoms with Gasteiger partial charge >= 0.3 is 0 Å². The van der Waals surface area contributed by atoms with Gasteiger partial charge in [-0.15, -0.1) is 0 Å². The highest BCUT2D eigenvalue weighted by atomic mass is 16.5. The highest BCUT2D eigenvalue weighted by Gasteiger charge is 2.40. The van der Waals surface area contributed by atoms with Gasteiger partial charge < -0.3 is 19.0 Å². The number of amides is 2. The van der Waals surface area contributed by atoms with Crippen molar-refractivity contribution >= 4 is 11.8 Å². The highest BCUT2D eigenvalue weighted by Crippen LogP contribution is 2.24. The fourth-order valence-electron chi connectivity index (χ4n) is 3.33. The van der Waals surface area contributed by atoms with Crippen LogP contribution in [0.1, 0.15) is 32.4 Å². The Morgan fingerprint density at radius 3 is 2.68 bits per heavy atom. The fraction of sp³-hybridized carbons (Fsp3) is 0.625. The maximum Gasteiger partial charge on any atom is 0.245 e. The van der Waals surface area contributed by atoms with Gasteiger partial charge in [-0.3, -0.25) is 9.59 Å². The summed E-state index contributed by atoms with van der Waals surface area (Å²) in [5.74, 6) is 0.750. The largest absolute Gasteiger partial charge is 0.467 e. The molecule has 0 aromatic carbocycles. The molecule has 1 aromatic rings. The molecule has 0 saturated carbocycles. The minimum atomic E-state index is -0.380. The molecule has 6 heteroatoms. The number of likely N-dealkylation sites (tertiary alicyclic amines) is 1. The molecule has 2 amide bonds. The van der Waals surface area contributed by atoms with Crippen molar-refractivity contribution in [3.8, 4) is 0 Å². The molecule has 2 saturated heterocycles. The number of carbonyl (C=O) groups excluding carboxylic acids is 2. The summed E-state index contributed by atoms with van der Waals surface area (Å²) in [6, 6.07) is 3.24. The van der Waals surface area contributed by atoms with Crippen LogP contribution >= 0.6 is 0 Å². The van der Waals surface area contributed by atoms with Crippen molar-refractivity contribution in [2.24, 2.45) is 0 Å². The summed E-state index contributed by atoms with van der Waals surface area (Å²) in [6.07, 6.45) is 2.65. The lowest BCUT2D eigenvalue weighted by Crippen LogP contribution is -2.54. The highest BCUT2D eigenvalue weighted by molar-refractivity contribution is 5.91. The Hall–Kier alpha value is -1.82. The molecule has 1 aromatic heterocycles. The summed E-state index contributed by atoms with van der Waals surface area (Å²) < 4.78 is 11.0. The molecule has 3 atom stereocenters. The number of hydrogen-bond acceptors (Lipinski definition) is 4. The van der Waals surface area contributed by atoms with Crippen LogP contribution in [0.5, 0.6) is 0 Å². The molecule has 0 bridgehead atoms. The molecule has 0 radical (unpaired) electrons. The molecular formula is C16H22N2O4. The zero-order valence-electron chi connectivity index (χ0n) is 13.0. The number of ether oxygens (including phenoxy) is 1. The van der Waals surface area contributed by atoms with Crippen LogP contribution in [-0.4, -0.2) is 53.0 Å². The van der Waals surface area contributed by atoms with Gasteiger partial charge in [-0.05, 0) is 32.4 Å². The van der Waals surface area contributed by atoms with Gasteiger partial charge in [0.05, 0.1) is 25.0 Å². The molecule has 22 heavy (non-hydrogen) atoms. The number of furan rings is 1. The summed E-state index contributed by atoms with van der Waals surface area (Å²) >= 11 is 0. The van der Waals surface area contributed by atoms with E-state index in [0.29, 0.717) is 38.2 Å². The lowest BCUT2D eigenvalue weighted by Gasteiger charge is -2.38. The molecule has 6 nitrogen and oxygen atoms in total. The van der Waals surface area contributed by atoms with E-state index in [1.165, 1.54) is 0 Å². The molecule has 3 rings (SSSR count). The average Bonchev–Trinajstić information content (AvgIpc) is 3.09. The van der Waals surface area contributed by atoms with Crippen LogP contribution in [0.3, 0.4) is 0 Å². The van der Waals surface area contributed by atoms with Gasteiger partial charge in [-0.2, -0.15) is 0 Å². The van der Waals surface area contributed by atoms with Crippen LogP contribution in [0.15, 0.2) is 22.8 Å². The SMILES string of the molecule is C[C@@H]1CN(C(=O)[C@H]2CCC(=O)N2Cc2ccco2)C[C@H](C)O1. The molecule has 120 valence electrons. The third-order valence-corrected chi connectivity index (χ3v) is 4.25. The van der Waals surface area contributed by atoms with Gasteiger partial charge in [0.1, 0.15) is 11.8 Å². The molecule has 0 spiro atoms. The van der Waals surface area contributed by atoms with E-state index in [2.05, 4.69) is 0 Å². The Morgan fingerprint density at radius 1 is 1.32 bits per heavy atom. The molecular weight excluding hydrogens is 284 g/mol. The van der Waals surface area contributed by atoms with E-state index in [1.54, 1.807) is 17.2 Å². The van der Waals surface area contributed by atoms with Gasteiger partial charge in [0.15, 0.2) is 0 Å². The van der Waals surface area contributed by atoms with Crippen LogP contribution < -0.4 is 0 Å². The zero-order chi connectivity index (χ0) is 15.7. The predicted molar refractivity (Wildman–Crippen MR) is 78.9 cm³/mol. The van der Waals surface area contributed by atoms with Crippen molar-refractivity contribution in [1.29, 1.82) is 0 Å². The Balaban J connectivity index is 1.71. The second kappa shape index (κ2) is 6.12. The van der Waals surface area contributed by atoms with Crippen molar-refractivity contribution in [2.75, 3.05) is 13.1 Å². The van der Waals surface area contributed by atoms with Crippen LogP contribution in [0.25, 0.3) is 0 Å². The molecule has 0 unspecified atom stereocenters. The first-order chi connectivity index (χ1) is 10.5. The quantitative estimate of drug-likeness (QED) is 0.847. The Labute approximate surface area is 130 Å². The number of nitrogens with zero attached hydrogens (tertiary/aromatic N) is 2. The summed E-state index contributed by atoms with van der Waals surface area (Å²) in [5, 5.41) is 0. The van der Waals surface area contributed by atoms with Crippen molar-refractivity contribution in [3.05, 3.63) is 24.2 Å². The monoisotopic (exact) mass is 306 g/mol. The molecule has 0 N–H and O–H groups in total. The van der Waals surface area contributed by atoms with Crippen molar-refractivity contribution in [3.63, 3.8) is 0 Å². The molecule has 0 aliphatic carbocycles. The van der Waals surface area contributed by atoms with E-state index in [9.17, 15) is 9.59 Å². The van der Waals surface area contributed by atoms with Gasteiger partial charge in [0.2, 0.25) is 11.8 Å². The second-order valence-electron chi connectivity index (χ2n) is 6.16. The summed E-state index contributed by atoms with van der Waals surface area (Å²) in [6.45, 7) is 5.47. The topological polar surface area (TPSA) is 63.0 Å². The molecule has 2 aliphatic heterocycles.